The third kappa shape index (κ3) is 2.73. The third-order valence-electron chi connectivity index (χ3n) is 3.04. The summed E-state index contributed by atoms with van der Waals surface area (Å²) in [5, 5.41) is 0.592. The standard InChI is InChI=1S/C11H14BrFN2O2S/c12-6-10-3-1-2-4-15(10)18(16,17)11-5-9(13)7-14-8-11/h5,7-8,10H,1-4,6H2. The van der Waals surface area contributed by atoms with Gasteiger partial charge >= 0.3 is 0 Å². The number of alkyl halides is 1. The first-order chi connectivity index (χ1) is 8.55. The molecule has 1 fully saturated rings. The van der Waals surface area contributed by atoms with Gasteiger partial charge in [-0.15, -0.1) is 0 Å². The third-order valence-corrected chi connectivity index (χ3v) is 5.70. The summed E-state index contributed by atoms with van der Waals surface area (Å²) in [7, 11) is -3.64. The molecule has 0 radical (unpaired) electrons. The number of piperidine rings is 1. The molecule has 0 bridgehead atoms. The largest absolute Gasteiger partial charge is 0.260 e. The first kappa shape index (κ1) is 13.9. The number of nitrogens with zero attached hydrogens (tertiary/aromatic N) is 2. The van der Waals surface area contributed by atoms with Crippen LogP contribution < -0.4 is 0 Å². The Kier molecular flexibility index (Phi) is 4.34. The second kappa shape index (κ2) is 5.63. The van der Waals surface area contributed by atoms with Gasteiger partial charge in [-0.2, -0.15) is 4.31 Å². The first-order valence-electron chi connectivity index (χ1n) is 5.74. The minimum Gasteiger partial charge on any atom is -0.260 e. The predicted octanol–water partition coefficient (Wildman–Crippen LogP) is 2.16. The van der Waals surface area contributed by atoms with Crippen LogP contribution in [0.4, 0.5) is 4.39 Å². The maximum absolute atomic E-state index is 13.1. The number of sulfonamides is 1. The Bertz CT molecular complexity index is 524. The molecule has 0 spiro atoms. The molecule has 0 aliphatic carbocycles. The summed E-state index contributed by atoms with van der Waals surface area (Å²) < 4.78 is 39.3. The van der Waals surface area contributed by atoms with Crippen molar-refractivity contribution in [3.05, 3.63) is 24.3 Å². The van der Waals surface area contributed by atoms with Crippen LogP contribution in [0, 0.1) is 5.82 Å². The molecule has 2 rings (SSSR count). The van der Waals surface area contributed by atoms with Crippen LogP contribution in [0.3, 0.4) is 0 Å². The van der Waals surface area contributed by atoms with Crippen LogP contribution in [0.5, 0.6) is 0 Å². The molecule has 0 aromatic carbocycles. The van der Waals surface area contributed by atoms with E-state index in [0.717, 1.165) is 31.5 Å². The molecule has 18 heavy (non-hydrogen) atoms. The van der Waals surface area contributed by atoms with E-state index in [-0.39, 0.29) is 10.9 Å². The average Bonchev–Trinajstić information content (AvgIpc) is 2.38. The second-order valence-corrected chi connectivity index (χ2v) is 6.80. The van der Waals surface area contributed by atoms with Crippen LogP contribution in [-0.4, -0.2) is 35.6 Å². The van der Waals surface area contributed by atoms with Gasteiger partial charge in [0.1, 0.15) is 10.7 Å². The molecular formula is C11H14BrFN2O2S. The number of pyridine rings is 1. The molecular weight excluding hydrogens is 323 g/mol. The molecule has 1 unspecified atom stereocenters. The lowest BCUT2D eigenvalue weighted by atomic mass is 10.1. The van der Waals surface area contributed by atoms with Crippen LogP contribution in [0.25, 0.3) is 0 Å². The fourth-order valence-electron chi connectivity index (χ4n) is 2.11. The topological polar surface area (TPSA) is 50.3 Å². The van der Waals surface area contributed by atoms with Crippen molar-refractivity contribution in [1.29, 1.82) is 0 Å². The molecule has 2 heterocycles. The van der Waals surface area contributed by atoms with Gasteiger partial charge in [-0.05, 0) is 18.9 Å². The van der Waals surface area contributed by atoms with Crippen molar-refractivity contribution < 1.29 is 12.8 Å². The highest BCUT2D eigenvalue weighted by atomic mass is 79.9. The number of aromatic nitrogens is 1. The Balaban J connectivity index is 2.35. The molecule has 100 valence electrons. The summed E-state index contributed by atoms with van der Waals surface area (Å²) in [4.78, 5) is 3.53. The van der Waals surface area contributed by atoms with E-state index < -0.39 is 15.8 Å². The number of hydrogen-bond donors (Lipinski definition) is 0. The van der Waals surface area contributed by atoms with E-state index in [1.54, 1.807) is 0 Å². The van der Waals surface area contributed by atoms with E-state index in [4.69, 9.17) is 0 Å². The molecule has 1 aromatic heterocycles. The summed E-state index contributed by atoms with van der Waals surface area (Å²) in [5.74, 6) is -0.636. The van der Waals surface area contributed by atoms with Gasteiger partial charge in [0.2, 0.25) is 10.0 Å². The van der Waals surface area contributed by atoms with Gasteiger partial charge in [0.05, 0.1) is 6.20 Å². The smallest absolute Gasteiger partial charge is 0.244 e. The lowest BCUT2D eigenvalue weighted by Crippen LogP contribution is -2.44. The Morgan fingerprint density at radius 2 is 2.22 bits per heavy atom. The fraction of sp³-hybridized carbons (Fsp3) is 0.545. The molecule has 7 heteroatoms. The van der Waals surface area contributed by atoms with E-state index >= 15 is 0 Å². The Morgan fingerprint density at radius 3 is 2.89 bits per heavy atom. The zero-order chi connectivity index (χ0) is 13.2. The van der Waals surface area contributed by atoms with Crippen molar-refractivity contribution in [2.75, 3.05) is 11.9 Å². The minimum atomic E-state index is -3.64. The highest BCUT2D eigenvalue weighted by Crippen LogP contribution is 2.26. The molecule has 4 nitrogen and oxygen atoms in total. The van der Waals surface area contributed by atoms with E-state index in [2.05, 4.69) is 20.9 Å². The Morgan fingerprint density at radius 1 is 1.44 bits per heavy atom. The van der Waals surface area contributed by atoms with E-state index in [1.165, 1.54) is 10.5 Å². The van der Waals surface area contributed by atoms with E-state index in [1.807, 2.05) is 0 Å². The highest BCUT2D eigenvalue weighted by Gasteiger charge is 2.33. The number of rotatable bonds is 3. The zero-order valence-corrected chi connectivity index (χ0v) is 12.1. The Labute approximate surface area is 114 Å². The second-order valence-electron chi connectivity index (χ2n) is 4.26. The van der Waals surface area contributed by atoms with Gasteiger partial charge in [-0.25, -0.2) is 12.8 Å². The van der Waals surface area contributed by atoms with Gasteiger partial charge in [-0.1, -0.05) is 22.4 Å². The molecule has 1 aromatic rings. The zero-order valence-electron chi connectivity index (χ0n) is 9.72. The summed E-state index contributed by atoms with van der Waals surface area (Å²) in [6.07, 6.45) is 4.87. The van der Waals surface area contributed by atoms with Gasteiger partial charge in [-0.3, -0.25) is 4.98 Å². The SMILES string of the molecule is O=S(=O)(c1cncc(F)c1)N1CCCCC1CBr. The first-order valence-corrected chi connectivity index (χ1v) is 8.30. The van der Waals surface area contributed by atoms with E-state index in [0.29, 0.717) is 11.9 Å². The summed E-state index contributed by atoms with van der Waals surface area (Å²) in [6, 6.07) is 0.953. The van der Waals surface area contributed by atoms with Crippen LogP contribution in [-0.2, 0) is 10.0 Å². The molecule has 0 N–H and O–H groups in total. The van der Waals surface area contributed by atoms with Gasteiger partial charge < -0.3 is 0 Å². The lowest BCUT2D eigenvalue weighted by molar-refractivity contribution is 0.273. The van der Waals surface area contributed by atoms with Crippen molar-refractivity contribution in [3.8, 4) is 0 Å². The highest BCUT2D eigenvalue weighted by molar-refractivity contribution is 9.09. The summed E-state index contributed by atoms with van der Waals surface area (Å²) in [6.45, 7) is 0.481. The van der Waals surface area contributed by atoms with Crippen molar-refractivity contribution >= 4 is 26.0 Å². The molecule has 1 atom stereocenters. The van der Waals surface area contributed by atoms with Crippen LogP contribution in [0.15, 0.2) is 23.4 Å². The average molecular weight is 337 g/mol. The Hall–Kier alpha value is -0.530. The van der Waals surface area contributed by atoms with Crippen molar-refractivity contribution in [3.63, 3.8) is 0 Å². The van der Waals surface area contributed by atoms with Crippen LogP contribution in [0.1, 0.15) is 19.3 Å². The fourth-order valence-corrected chi connectivity index (χ4v) is 4.65. The quantitative estimate of drug-likeness (QED) is 0.795. The summed E-state index contributed by atoms with van der Waals surface area (Å²) in [5.41, 5.74) is 0. The van der Waals surface area contributed by atoms with Crippen LogP contribution in [0.2, 0.25) is 0 Å². The van der Waals surface area contributed by atoms with Crippen molar-refractivity contribution in [2.45, 2.75) is 30.2 Å². The molecule has 1 saturated heterocycles. The lowest BCUT2D eigenvalue weighted by Gasteiger charge is -2.33. The van der Waals surface area contributed by atoms with Gasteiger partial charge in [0, 0.05) is 24.1 Å². The predicted molar refractivity (Wildman–Crippen MR) is 69.5 cm³/mol. The molecule has 1 aliphatic heterocycles. The maximum Gasteiger partial charge on any atom is 0.244 e. The normalized spacial score (nSPS) is 22.0. The minimum absolute atomic E-state index is 0.0629. The van der Waals surface area contributed by atoms with Gasteiger partial charge in [0.15, 0.2) is 0 Å². The van der Waals surface area contributed by atoms with E-state index in [9.17, 15) is 12.8 Å². The van der Waals surface area contributed by atoms with Gasteiger partial charge in [0.25, 0.3) is 0 Å². The monoisotopic (exact) mass is 336 g/mol. The summed E-state index contributed by atoms with van der Waals surface area (Å²) >= 11 is 3.34. The van der Waals surface area contributed by atoms with Crippen molar-refractivity contribution in [2.24, 2.45) is 0 Å². The number of halogens is 2. The molecule has 1 aliphatic rings. The molecule has 0 saturated carbocycles. The van der Waals surface area contributed by atoms with Crippen LogP contribution >= 0.6 is 15.9 Å². The number of hydrogen-bond acceptors (Lipinski definition) is 3. The molecule has 0 amide bonds. The maximum atomic E-state index is 13.1. The van der Waals surface area contributed by atoms with Crippen molar-refractivity contribution in [1.82, 2.24) is 9.29 Å².